The lowest BCUT2D eigenvalue weighted by Gasteiger charge is -1.95. The highest BCUT2D eigenvalue weighted by molar-refractivity contribution is 7.79. The van der Waals surface area contributed by atoms with E-state index in [1.54, 1.807) is 0 Å². The average molecular weight is 195 g/mol. The molecule has 4 nitrogen and oxygen atoms in total. The fourth-order valence-corrected chi connectivity index (χ4v) is 1.49. The van der Waals surface area contributed by atoms with E-state index in [9.17, 15) is 4.21 Å². The molecule has 1 aromatic rings. The van der Waals surface area contributed by atoms with Crippen LogP contribution >= 0.6 is 11.6 Å². The molecular weight excluding hydrogens is 188 g/mol. The highest BCUT2D eigenvalue weighted by Gasteiger charge is 2.11. The van der Waals surface area contributed by atoms with E-state index in [1.807, 2.05) is 6.92 Å². The van der Waals surface area contributed by atoms with Gasteiger partial charge in [-0.1, -0.05) is 11.6 Å². The molecule has 0 aromatic carbocycles. The summed E-state index contributed by atoms with van der Waals surface area (Å²) in [6.07, 6.45) is 1.29. The Balaban J connectivity index is 3.10. The first-order valence-corrected chi connectivity index (χ1v) is 4.47. The molecular formula is C5H7ClN2O2S. The normalized spacial score (nSPS) is 13.4. The van der Waals surface area contributed by atoms with E-state index in [0.717, 1.165) is 0 Å². The van der Waals surface area contributed by atoms with E-state index in [1.165, 1.54) is 10.9 Å². The van der Waals surface area contributed by atoms with Crippen molar-refractivity contribution in [3.8, 4) is 0 Å². The summed E-state index contributed by atoms with van der Waals surface area (Å²) in [7, 11) is 0. The summed E-state index contributed by atoms with van der Waals surface area (Å²) in [5, 5.41) is 4.02. The Kier molecular flexibility index (Phi) is 2.64. The molecule has 0 aliphatic rings. The van der Waals surface area contributed by atoms with Crippen LogP contribution in [0.5, 0.6) is 0 Å². The number of hydrogen-bond acceptors (Lipinski definition) is 2. The zero-order valence-electron chi connectivity index (χ0n) is 5.82. The third-order valence-electron chi connectivity index (χ3n) is 1.23. The minimum atomic E-state index is -2.04. The molecule has 0 amide bonds. The summed E-state index contributed by atoms with van der Waals surface area (Å²) in [6, 6.07) is 0. The van der Waals surface area contributed by atoms with Crippen molar-refractivity contribution in [2.24, 2.45) is 0 Å². The standard InChI is InChI=1S/C5H7ClN2O2S/c1-2-8-5(6)4(3-7-8)11(9)10/h3H,2H2,1H3,(H,9,10). The van der Waals surface area contributed by atoms with Gasteiger partial charge in [-0.05, 0) is 6.92 Å². The van der Waals surface area contributed by atoms with Gasteiger partial charge in [-0.3, -0.25) is 4.68 Å². The average Bonchev–Trinajstić information content (AvgIpc) is 2.30. The van der Waals surface area contributed by atoms with Gasteiger partial charge in [-0.25, -0.2) is 4.21 Å². The van der Waals surface area contributed by atoms with Crippen molar-refractivity contribution in [3.63, 3.8) is 0 Å². The first-order chi connectivity index (χ1) is 5.16. The van der Waals surface area contributed by atoms with Gasteiger partial charge >= 0.3 is 0 Å². The molecule has 0 saturated carbocycles. The van der Waals surface area contributed by atoms with Crippen LogP contribution in [0, 0.1) is 0 Å². The molecule has 1 unspecified atom stereocenters. The highest BCUT2D eigenvalue weighted by atomic mass is 35.5. The minimum Gasteiger partial charge on any atom is -0.302 e. The van der Waals surface area contributed by atoms with Crippen molar-refractivity contribution in [2.45, 2.75) is 18.4 Å². The maximum absolute atomic E-state index is 10.5. The number of aromatic nitrogens is 2. The lowest BCUT2D eigenvalue weighted by atomic mass is 10.7. The third-order valence-corrected chi connectivity index (χ3v) is 2.42. The molecule has 0 saturated heterocycles. The maximum atomic E-state index is 10.5. The summed E-state index contributed by atoms with van der Waals surface area (Å²) in [5.41, 5.74) is 0. The van der Waals surface area contributed by atoms with Crippen LogP contribution in [0.1, 0.15) is 6.92 Å². The number of hydrogen-bond donors (Lipinski definition) is 1. The quantitative estimate of drug-likeness (QED) is 0.719. The Bertz CT molecular complexity index is 286. The fourth-order valence-electron chi connectivity index (χ4n) is 0.691. The first kappa shape index (κ1) is 8.70. The second-order valence-corrected chi connectivity index (χ2v) is 3.16. The van der Waals surface area contributed by atoms with Crippen LogP contribution in [-0.2, 0) is 17.6 Å². The van der Waals surface area contributed by atoms with Gasteiger partial charge in [0.15, 0.2) is 11.1 Å². The molecule has 1 rings (SSSR count). The van der Waals surface area contributed by atoms with E-state index in [0.29, 0.717) is 6.54 Å². The molecule has 62 valence electrons. The second kappa shape index (κ2) is 3.34. The lowest BCUT2D eigenvalue weighted by molar-refractivity contribution is 0.564. The molecule has 6 heteroatoms. The van der Waals surface area contributed by atoms with Gasteiger partial charge in [0.25, 0.3) is 0 Å². The molecule has 1 atom stereocenters. The SMILES string of the molecule is CCn1ncc(S(=O)O)c1Cl. The minimum absolute atomic E-state index is 0.161. The van der Waals surface area contributed by atoms with Gasteiger partial charge in [0.1, 0.15) is 10.0 Å². The van der Waals surface area contributed by atoms with E-state index >= 15 is 0 Å². The topological polar surface area (TPSA) is 55.1 Å². The molecule has 0 spiro atoms. The Morgan fingerprint density at radius 2 is 2.55 bits per heavy atom. The number of aryl methyl sites for hydroxylation is 1. The number of halogens is 1. The largest absolute Gasteiger partial charge is 0.302 e. The van der Waals surface area contributed by atoms with Gasteiger partial charge in [-0.2, -0.15) is 5.10 Å². The van der Waals surface area contributed by atoms with Crippen LogP contribution in [0.3, 0.4) is 0 Å². The van der Waals surface area contributed by atoms with Crippen LogP contribution in [0.4, 0.5) is 0 Å². The van der Waals surface area contributed by atoms with Crippen molar-refractivity contribution in [1.82, 2.24) is 9.78 Å². The summed E-state index contributed by atoms with van der Waals surface area (Å²) < 4.78 is 20.6. The third kappa shape index (κ3) is 1.61. The predicted octanol–water partition coefficient (Wildman–Crippen LogP) is 1.14. The molecule has 0 aliphatic heterocycles. The molecule has 1 N–H and O–H groups in total. The Labute approximate surface area is 71.4 Å². The van der Waals surface area contributed by atoms with Crippen molar-refractivity contribution >= 4 is 22.7 Å². The number of nitrogens with zero attached hydrogens (tertiary/aromatic N) is 2. The summed E-state index contributed by atoms with van der Waals surface area (Å²) in [4.78, 5) is 0.161. The molecule has 0 radical (unpaired) electrons. The van der Waals surface area contributed by atoms with E-state index in [2.05, 4.69) is 5.10 Å². The smallest absolute Gasteiger partial charge is 0.191 e. The Morgan fingerprint density at radius 1 is 1.91 bits per heavy atom. The van der Waals surface area contributed by atoms with Gasteiger partial charge in [0, 0.05) is 6.54 Å². The van der Waals surface area contributed by atoms with Crippen LogP contribution < -0.4 is 0 Å². The van der Waals surface area contributed by atoms with E-state index in [4.69, 9.17) is 16.2 Å². The van der Waals surface area contributed by atoms with Crippen molar-refractivity contribution in [3.05, 3.63) is 11.3 Å². The second-order valence-electron chi connectivity index (χ2n) is 1.86. The van der Waals surface area contributed by atoms with Crippen molar-refractivity contribution < 1.29 is 8.76 Å². The van der Waals surface area contributed by atoms with Crippen LogP contribution in [0.15, 0.2) is 11.1 Å². The molecule has 1 heterocycles. The van der Waals surface area contributed by atoms with Crippen LogP contribution in [0.25, 0.3) is 0 Å². The number of rotatable bonds is 2. The molecule has 0 aliphatic carbocycles. The maximum Gasteiger partial charge on any atom is 0.191 e. The summed E-state index contributed by atoms with van der Waals surface area (Å²) in [5.74, 6) is 0. The highest BCUT2D eigenvalue weighted by Crippen LogP contribution is 2.17. The molecule has 0 fully saturated rings. The molecule has 11 heavy (non-hydrogen) atoms. The van der Waals surface area contributed by atoms with Crippen LogP contribution in [0.2, 0.25) is 5.15 Å². The van der Waals surface area contributed by atoms with E-state index in [-0.39, 0.29) is 10.0 Å². The van der Waals surface area contributed by atoms with Gasteiger partial charge in [-0.15, -0.1) is 0 Å². The lowest BCUT2D eigenvalue weighted by Crippen LogP contribution is -1.96. The monoisotopic (exact) mass is 194 g/mol. The zero-order valence-corrected chi connectivity index (χ0v) is 7.39. The zero-order chi connectivity index (χ0) is 8.43. The predicted molar refractivity (Wildman–Crippen MR) is 41.9 cm³/mol. The van der Waals surface area contributed by atoms with Gasteiger partial charge < -0.3 is 4.55 Å². The van der Waals surface area contributed by atoms with Gasteiger partial charge in [0.2, 0.25) is 0 Å². The summed E-state index contributed by atoms with van der Waals surface area (Å²) in [6.45, 7) is 2.44. The first-order valence-electron chi connectivity index (χ1n) is 2.99. The molecule has 0 bridgehead atoms. The van der Waals surface area contributed by atoms with Crippen molar-refractivity contribution in [2.75, 3.05) is 0 Å². The Morgan fingerprint density at radius 3 is 2.82 bits per heavy atom. The summed E-state index contributed by atoms with van der Waals surface area (Å²) >= 11 is 3.63. The van der Waals surface area contributed by atoms with Crippen molar-refractivity contribution in [1.29, 1.82) is 0 Å². The van der Waals surface area contributed by atoms with Crippen LogP contribution in [-0.4, -0.2) is 18.5 Å². The Hall–Kier alpha value is -0.390. The fraction of sp³-hybridized carbons (Fsp3) is 0.400. The molecule has 1 aromatic heterocycles. The van der Waals surface area contributed by atoms with Gasteiger partial charge in [0.05, 0.1) is 6.20 Å². The van der Waals surface area contributed by atoms with E-state index < -0.39 is 11.1 Å².